The second kappa shape index (κ2) is 5.47. The van der Waals surface area contributed by atoms with Crippen molar-refractivity contribution in [3.63, 3.8) is 0 Å². The summed E-state index contributed by atoms with van der Waals surface area (Å²) in [4.78, 5) is 11.1. The third kappa shape index (κ3) is 2.64. The van der Waals surface area contributed by atoms with Crippen LogP contribution in [0.25, 0.3) is 0 Å². The van der Waals surface area contributed by atoms with Crippen LogP contribution >= 0.6 is 0 Å². The lowest BCUT2D eigenvalue weighted by Gasteiger charge is -2.17. The maximum absolute atomic E-state index is 12.7. The lowest BCUT2D eigenvalue weighted by molar-refractivity contribution is -0.142. The van der Waals surface area contributed by atoms with Gasteiger partial charge in [-0.05, 0) is 24.5 Å². The summed E-state index contributed by atoms with van der Waals surface area (Å²) in [5.41, 5.74) is 0.699. The van der Waals surface area contributed by atoms with Gasteiger partial charge < -0.3 is 5.11 Å². The average molecular weight is 308 g/mol. The minimum atomic E-state index is -3.86. The Balaban J connectivity index is 2.44. The van der Waals surface area contributed by atoms with Crippen LogP contribution in [-0.2, 0) is 14.8 Å². The standard InChI is InChI=1S/C14H16N2O4S/c1-9-4-3-5-13(11(9)6-15)21(19,20)16-7-10(2)12(8-16)14(17)18/h3-5,10,12H,7-8H2,1-2H3,(H,17,18)/t10-,12-/m1/s1. The van der Waals surface area contributed by atoms with E-state index >= 15 is 0 Å². The number of nitrogens with zero attached hydrogens (tertiary/aromatic N) is 2. The maximum atomic E-state index is 12.7. The molecule has 21 heavy (non-hydrogen) atoms. The number of rotatable bonds is 3. The highest BCUT2D eigenvalue weighted by Gasteiger charge is 2.41. The van der Waals surface area contributed by atoms with Gasteiger partial charge in [-0.1, -0.05) is 19.1 Å². The van der Waals surface area contributed by atoms with Crippen molar-refractivity contribution >= 4 is 16.0 Å². The van der Waals surface area contributed by atoms with Crippen LogP contribution in [0.15, 0.2) is 23.1 Å². The predicted octanol–water partition coefficient (Wildman–Crippen LogP) is 1.21. The van der Waals surface area contributed by atoms with Gasteiger partial charge in [-0.15, -0.1) is 0 Å². The monoisotopic (exact) mass is 308 g/mol. The van der Waals surface area contributed by atoms with E-state index in [-0.39, 0.29) is 29.5 Å². The summed E-state index contributed by atoms with van der Waals surface area (Å²) in [6.45, 7) is 3.48. The number of aryl methyl sites for hydroxylation is 1. The molecule has 0 unspecified atom stereocenters. The van der Waals surface area contributed by atoms with Gasteiger partial charge in [-0.2, -0.15) is 9.57 Å². The topological polar surface area (TPSA) is 98.5 Å². The minimum absolute atomic E-state index is 0.0526. The third-order valence-electron chi connectivity index (χ3n) is 3.86. The molecule has 0 radical (unpaired) electrons. The van der Waals surface area contributed by atoms with Crippen LogP contribution in [0.3, 0.4) is 0 Å². The first-order valence-corrected chi connectivity index (χ1v) is 7.95. The van der Waals surface area contributed by atoms with Gasteiger partial charge in [0.05, 0.1) is 11.5 Å². The van der Waals surface area contributed by atoms with E-state index in [0.29, 0.717) is 5.56 Å². The molecule has 1 saturated heterocycles. The average Bonchev–Trinajstić information content (AvgIpc) is 2.81. The molecule has 112 valence electrons. The van der Waals surface area contributed by atoms with Gasteiger partial charge in [0, 0.05) is 13.1 Å². The summed E-state index contributed by atoms with van der Waals surface area (Å²) >= 11 is 0. The number of hydrogen-bond acceptors (Lipinski definition) is 4. The van der Waals surface area contributed by atoms with Gasteiger partial charge in [0.15, 0.2) is 0 Å². The highest BCUT2D eigenvalue weighted by atomic mass is 32.2. The van der Waals surface area contributed by atoms with E-state index < -0.39 is 21.9 Å². The number of hydrogen-bond donors (Lipinski definition) is 1. The molecule has 2 rings (SSSR count). The second-order valence-corrected chi connectivity index (χ2v) is 7.21. The highest BCUT2D eigenvalue weighted by molar-refractivity contribution is 7.89. The van der Waals surface area contributed by atoms with Crippen LogP contribution in [0.5, 0.6) is 0 Å². The molecule has 0 aliphatic carbocycles. The Kier molecular flexibility index (Phi) is 4.03. The largest absolute Gasteiger partial charge is 0.481 e. The number of nitriles is 1. The molecule has 0 amide bonds. The maximum Gasteiger partial charge on any atom is 0.308 e. The highest BCUT2D eigenvalue weighted by Crippen LogP contribution is 2.30. The molecule has 1 heterocycles. The number of carboxylic acid groups (broad SMARTS) is 1. The molecule has 1 aromatic rings. The van der Waals surface area contributed by atoms with E-state index in [1.54, 1.807) is 26.0 Å². The van der Waals surface area contributed by atoms with Gasteiger partial charge in [-0.3, -0.25) is 4.79 Å². The molecule has 0 spiro atoms. The molecule has 1 aliphatic heterocycles. The summed E-state index contributed by atoms with van der Waals surface area (Å²) in [6.07, 6.45) is 0. The predicted molar refractivity (Wildman–Crippen MR) is 74.9 cm³/mol. The number of sulfonamides is 1. The van der Waals surface area contributed by atoms with Crippen LogP contribution in [-0.4, -0.2) is 36.9 Å². The first kappa shape index (κ1) is 15.5. The van der Waals surface area contributed by atoms with Gasteiger partial charge in [-0.25, -0.2) is 8.42 Å². The smallest absolute Gasteiger partial charge is 0.308 e. The molecule has 0 bridgehead atoms. The normalized spacial score (nSPS) is 22.9. The molecule has 7 heteroatoms. The quantitative estimate of drug-likeness (QED) is 0.905. The van der Waals surface area contributed by atoms with Crippen molar-refractivity contribution in [2.45, 2.75) is 18.7 Å². The van der Waals surface area contributed by atoms with Gasteiger partial charge in [0.25, 0.3) is 0 Å². The SMILES string of the molecule is Cc1cccc(S(=O)(=O)N2C[C@@H](C)[C@H](C(=O)O)C2)c1C#N. The van der Waals surface area contributed by atoms with E-state index in [2.05, 4.69) is 0 Å². The summed E-state index contributed by atoms with van der Waals surface area (Å²) < 4.78 is 26.5. The molecule has 6 nitrogen and oxygen atoms in total. The molecule has 1 fully saturated rings. The first-order valence-electron chi connectivity index (χ1n) is 6.51. The molecular weight excluding hydrogens is 292 g/mol. The lowest BCUT2D eigenvalue weighted by Crippen LogP contribution is -2.30. The van der Waals surface area contributed by atoms with Crippen LogP contribution in [0.2, 0.25) is 0 Å². The summed E-state index contributed by atoms with van der Waals surface area (Å²) in [5.74, 6) is -1.97. The minimum Gasteiger partial charge on any atom is -0.481 e. The van der Waals surface area contributed by atoms with Crippen LogP contribution in [0.4, 0.5) is 0 Å². The molecule has 0 saturated carbocycles. The zero-order valence-electron chi connectivity index (χ0n) is 11.8. The van der Waals surface area contributed by atoms with Crippen LogP contribution in [0.1, 0.15) is 18.1 Å². The molecule has 0 aromatic heterocycles. The Morgan fingerprint density at radius 3 is 2.62 bits per heavy atom. The molecule has 1 aromatic carbocycles. The van der Waals surface area contributed by atoms with Gasteiger partial charge >= 0.3 is 5.97 Å². The number of carboxylic acids is 1. The zero-order chi connectivity index (χ0) is 15.8. The van der Waals surface area contributed by atoms with Crippen molar-refractivity contribution in [3.05, 3.63) is 29.3 Å². The van der Waals surface area contributed by atoms with E-state index in [0.717, 1.165) is 4.31 Å². The number of benzene rings is 1. The molecule has 2 atom stereocenters. The molecular formula is C14H16N2O4S. The van der Waals surface area contributed by atoms with Crippen LogP contribution < -0.4 is 0 Å². The van der Waals surface area contributed by atoms with Crippen LogP contribution in [0, 0.1) is 30.1 Å². The third-order valence-corrected chi connectivity index (χ3v) is 5.73. The van der Waals surface area contributed by atoms with Gasteiger partial charge in [0.1, 0.15) is 11.0 Å². The van der Waals surface area contributed by atoms with Crippen molar-refractivity contribution in [1.82, 2.24) is 4.31 Å². The van der Waals surface area contributed by atoms with Crippen molar-refractivity contribution < 1.29 is 18.3 Å². The zero-order valence-corrected chi connectivity index (χ0v) is 12.6. The van der Waals surface area contributed by atoms with E-state index in [9.17, 15) is 18.5 Å². The van der Waals surface area contributed by atoms with E-state index in [1.165, 1.54) is 6.07 Å². The summed E-state index contributed by atoms with van der Waals surface area (Å²) in [5, 5.41) is 18.3. The summed E-state index contributed by atoms with van der Waals surface area (Å²) in [7, 11) is -3.86. The Bertz CT molecular complexity index is 721. The van der Waals surface area contributed by atoms with Gasteiger partial charge in [0.2, 0.25) is 10.0 Å². The number of carbonyl (C=O) groups is 1. The fourth-order valence-corrected chi connectivity index (χ4v) is 4.36. The number of aliphatic carboxylic acids is 1. The Labute approximate surface area is 123 Å². The fourth-order valence-electron chi connectivity index (χ4n) is 2.58. The first-order chi connectivity index (χ1) is 9.78. The summed E-state index contributed by atoms with van der Waals surface area (Å²) in [6, 6.07) is 6.56. The Morgan fingerprint density at radius 2 is 2.10 bits per heavy atom. The fraction of sp³-hybridized carbons (Fsp3) is 0.429. The van der Waals surface area contributed by atoms with Crippen molar-refractivity contribution in [3.8, 4) is 6.07 Å². The molecule has 1 aliphatic rings. The Hall–Kier alpha value is -1.91. The molecule has 1 N–H and O–H groups in total. The van der Waals surface area contributed by atoms with Crippen molar-refractivity contribution in [1.29, 1.82) is 5.26 Å². The van der Waals surface area contributed by atoms with Crippen molar-refractivity contribution in [2.75, 3.05) is 13.1 Å². The lowest BCUT2D eigenvalue weighted by atomic mass is 9.99. The Morgan fingerprint density at radius 1 is 1.43 bits per heavy atom. The second-order valence-electron chi connectivity index (χ2n) is 5.30. The van der Waals surface area contributed by atoms with E-state index in [4.69, 9.17) is 5.11 Å². The van der Waals surface area contributed by atoms with Crippen molar-refractivity contribution in [2.24, 2.45) is 11.8 Å². The van der Waals surface area contributed by atoms with E-state index in [1.807, 2.05) is 6.07 Å².